The molecule has 2 aromatic rings. The van der Waals surface area contributed by atoms with Crippen molar-refractivity contribution in [2.75, 3.05) is 26.3 Å². The van der Waals surface area contributed by atoms with Gasteiger partial charge in [-0.05, 0) is 23.6 Å². The summed E-state index contributed by atoms with van der Waals surface area (Å²) in [5, 5.41) is 2.99. The maximum absolute atomic E-state index is 12.3. The standard InChI is InChI=1S/C22H28N2O2S/c1-18(27-17-21-5-3-2-4-6-21)22(25)23-15-19-7-9-20(10-8-19)16-24-11-13-26-14-12-24/h2-10,18H,11-17H2,1H3,(H,23,25)/t18-/m1/s1. The van der Waals surface area contributed by atoms with Gasteiger partial charge in [-0.2, -0.15) is 0 Å². The summed E-state index contributed by atoms with van der Waals surface area (Å²) in [4.78, 5) is 14.7. The van der Waals surface area contributed by atoms with Crippen molar-refractivity contribution >= 4 is 17.7 Å². The van der Waals surface area contributed by atoms with Crippen LogP contribution < -0.4 is 5.32 Å². The Hall–Kier alpha value is -1.82. The van der Waals surface area contributed by atoms with Gasteiger partial charge in [0.15, 0.2) is 0 Å². The SMILES string of the molecule is C[C@@H](SCc1ccccc1)C(=O)NCc1ccc(CN2CCOCC2)cc1. The molecule has 0 spiro atoms. The topological polar surface area (TPSA) is 41.6 Å². The molecule has 5 heteroatoms. The lowest BCUT2D eigenvalue weighted by atomic mass is 10.1. The van der Waals surface area contributed by atoms with Crippen LogP contribution in [-0.2, 0) is 28.4 Å². The minimum atomic E-state index is -0.0641. The van der Waals surface area contributed by atoms with E-state index in [-0.39, 0.29) is 11.2 Å². The van der Waals surface area contributed by atoms with Gasteiger partial charge in [-0.1, -0.05) is 54.6 Å². The van der Waals surface area contributed by atoms with Crippen molar-refractivity contribution in [1.29, 1.82) is 0 Å². The Bertz CT molecular complexity index is 700. The zero-order valence-electron chi connectivity index (χ0n) is 15.9. The number of carbonyl (C=O) groups is 1. The van der Waals surface area contributed by atoms with E-state index in [4.69, 9.17) is 4.74 Å². The first kappa shape index (κ1) is 19.9. The molecule has 0 aromatic heterocycles. The molecule has 144 valence electrons. The van der Waals surface area contributed by atoms with Crippen LogP contribution in [0.1, 0.15) is 23.6 Å². The lowest BCUT2D eigenvalue weighted by molar-refractivity contribution is -0.120. The molecule has 4 nitrogen and oxygen atoms in total. The fourth-order valence-electron chi connectivity index (χ4n) is 2.98. The van der Waals surface area contributed by atoms with Crippen LogP contribution in [0, 0.1) is 0 Å². The first-order valence-electron chi connectivity index (χ1n) is 9.52. The molecule has 1 aliphatic rings. The molecular weight excluding hydrogens is 356 g/mol. The Morgan fingerprint density at radius 1 is 1.04 bits per heavy atom. The number of benzene rings is 2. The van der Waals surface area contributed by atoms with E-state index < -0.39 is 0 Å². The van der Waals surface area contributed by atoms with E-state index in [0.29, 0.717) is 6.54 Å². The fraction of sp³-hybridized carbons (Fsp3) is 0.409. The van der Waals surface area contributed by atoms with Crippen LogP contribution >= 0.6 is 11.8 Å². The van der Waals surface area contributed by atoms with Crippen molar-refractivity contribution in [2.24, 2.45) is 0 Å². The van der Waals surface area contributed by atoms with Crippen molar-refractivity contribution in [1.82, 2.24) is 10.2 Å². The maximum Gasteiger partial charge on any atom is 0.233 e. The van der Waals surface area contributed by atoms with Crippen LogP contribution in [0.5, 0.6) is 0 Å². The van der Waals surface area contributed by atoms with E-state index in [9.17, 15) is 4.79 Å². The van der Waals surface area contributed by atoms with Gasteiger partial charge in [-0.3, -0.25) is 9.69 Å². The summed E-state index contributed by atoms with van der Waals surface area (Å²) in [6.45, 7) is 7.15. The number of rotatable bonds is 8. The molecule has 1 saturated heterocycles. The van der Waals surface area contributed by atoms with Gasteiger partial charge in [0.1, 0.15) is 0 Å². The molecule has 1 fully saturated rings. The second kappa shape index (κ2) is 10.5. The molecule has 27 heavy (non-hydrogen) atoms. The largest absolute Gasteiger partial charge is 0.379 e. The van der Waals surface area contributed by atoms with Crippen molar-refractivity contribution in [2.45, 2.75) is 31.0 Å². The second-order valence-electron chi connectivity index (χ2n) is 6.86. The Morgan fingerprint density at radius 2 is 1.70 bits per heavy atom. The van der Waals surface area contributed by atoms with E-state index in [1.54, 1.807) is 11.8 Å². The fourth-order valence-corrected chi connectivity index (χ4v) is 3.85. The molecule has 0 aliphatic carbocycles. The van der Waals surface area contributed by atoms with E-state index >= 15 is 0 Å². The van der Waals surface area contributed by atoms with Crippen molar-refractivity contribution in [3.05, 3.63) is 71.3 Å². The number of thioether (sulfide) groups is 1. The quantitative estimate of drug-likeness (QED) is 0.757. The summed E-state index contributed by atoms with van der Waals surface area (Å²) < 4.78 is 5.39. The molecule has 1 amide bonds. The molecule has 2 aromatic carbocycles. The highest BCUT2D eigenvalue weighted by Crippen LogP contribution is 2.17. The first-order valence-corrected chi connectivity index (χ1v) is 10.6. The first-order chi connectivity index (χ1) is 13.2. The molecule has 0 saturated carbocycles. The average molecular weight is 385 g/mol. The van der Waals surface area contributed by atoms with Gasteiger partial charge in [0, 0.05) is 31.9 Å². The number of carbonyl (C=O) groups excluding carboxylic acids is 1. The normalized spacial score (nSPS) is 16.0. The van der Waals surface area contributed by atoms with Gasteiger partial charge in [0.2, 0.25) is 5.91 Å². The van der Waals surface area contributed by atoms with Gasteiger partial charge >= 0.3 is 0 Å². The predicted octanol–water partition coefficient (Wildman–Crippen LogP) is 3.46. The second-order valence-corrected chi connectivity index (χ2v) is 8.19. The van der Waals surface area contributed by atoms with Gasteiger partial charge in [-0.15, -0.1) is 11.8 Å². The Labute approximate surface area is 166 Å². The predicted molar refractivity (Wildman–Crippen MR) is 112 cm³/mol. The lowest BCUT2D eigenvalue weighted by Gasteiger charge is -2.26. The van der Waals surface area contributed by atoms with Crippen molar-refractivity contribution < 1.29 is 9.53 Å². The van der Waals surface area contributed by atoms with Crippen LogP contribution in [0.15, 0.2) is 54.6 Å². The number of hydrogen-bond donors (Lipinski definition) is 1. The summed E-state index contributed by atoms with van der Waals surface area (Å²) in [6, 6.07) is 18.8. The van der Waals surface area contributed by atoms with Crippen LogP contribution in [0.3, 0.4) is 0 Å². The van der Waals surface area contributed by atoms with E-state index in [1.165, 1.54) is 11.1 Å². The third kappa shape index (κ3) is 6.69. The molecule has 0 unspecified atom stereocenters. The molecule has 1 aliphatic heterocycles. The smallest absolute Gasteiger partial charge is 0.233 e. The number of amides is 1. The summed E-state index contributed by atoms with van der Waals surface area (Å²) >= 11 is 1.67. The monoisotopic (exact) mass is 384 g/mol. The number of nitrogens with one attached hydrogen (secondary N) is 1. The lowest BCUT2D eigenvalue weighted by Crippen LogP contribution is -2.35. The molecule has 0 radical (unpaired) electrons. The number of ether oxygens (including phenoxy) is 1. The summed E-state index contributed by atoms with van der Waals surface area (Å²) in [7, 11) is 0. The Morgan fingerprint density at radius 3 is 2.41 bits per heavy atom. The Kier molecular flexibility index (Phi) is 7.75. The van der Waals surface area contributed by atoms with Crippen LogP contribution in [-0.4, -0.2) is 42.4 Å². The number of hydrogen-bond acceptors (Lipinski definition) is 4. The highest BCUT2D eigenvalue weighted by atomic mass is 32.2. The zero-order valence-corrected chi connectivity index (χ0v) is 16.7. The van der Waals surface area contributed by atoms with Gasteiger partial charge < -0.3 is 10.1 Å². The van der Waals surface area contributed by atoms with Crippen molar-refractivity contribution in [3.8, 4) is 0 Å². The third-order valence-corrected chi connectivity index (χ3v) is 5.93. The molecular formula is C22H28N2O2S. The summed E-state index contributed by atoms with van der Waals surface area (Å²) in [6.07, 6.45) is 0. The molecule has 1 atom stereocenters. The van der Waals surface area contributed by atoms with Crippen LogP contribution in [0.4, 0.5) is 0 Å². The van der Waals surface area contributed by atoms with E-state index in [0.717, 1.165) is 44.2 Å². The minimum Gasteiger partial charge on any atom is -0.379 e. The molecule has 1 N–H and O–H groups in total. The minimum absolute atomic E-state index is 0.0641. The van der Waals surface area contributed by atoms with Gasteiger partial charge in [-0.25, -0.2) is 0 Å². The zero-order chi connectivity index (χ0) is 18.9. The summed E-state index contributed by atoms with van der Waals surface area (Å²) in [5.41, 5.74) is 3.69. The van der Waals surface area contributed by atoms with Crippen LogP contribution in [0.25, 0.3) is 0 Å². The number of nitrogens with zero attached hydrogens (tertiary/aromatic N) is 1. The number of morpholine rings is 1. The Balaban J connectivity index is 1.40. The maximum atomic E-state index is 12.3. The molecule has 3 rings (SSSR count). The van der Waals surface area contributed by atoms with E-state index in [2.05, 4.69) is 46.6 Å². The van der Waals surface area contributed by atoms with E-state index in [1.807, 2.05) is 25.1 Å². The van der Waals surface area contributed by atoms with Crippen LogP contribution in [0.2, 0.25) is 0 Å². The highest BCUT2D eigenvalue weighted by molar-refractivity contribution is 7.99. The van der Waals surface area contributed by atoms with Crippen molar-refractivity contribution in [3.63, 3.8) is 0 Å². The van der Waals surface area contributed by atoms with Gasteiger partial charge in [0.25, 0.3) is 0 Å². The van der Waals surface area contributed by atoms with Gasteiger partial charge in [0.05, 0.1) is 18.5 Å². The summed E-state index contributed by atoms with van der Waals surface area (Å²) in [5.74, 6) is 0.944. The third-order valence-electron chi connectivity index (χ3n) is 4.71. The molecule has 0 bridgehead atoms. The highest BCUT2D eigenvalue weighted by Gasteiger charge is 2.13. The average Bonchev–Trinajstić information content (AvgIpc) is 2.73. The molecule has 1 heterocycles.